The first-order chi connectivity index (χ1) is 11.1. The summed E-state index contributed by atoms with van der Waals surface area (Å²) in [6.45, 7) is 2.18. The monoisotopic (exact) mass is 312 g/mol. The molecule has 2 aromatic heterocycles. The summed E-state index contributed by atoms with van der Waals surface area (Å²) in [5.41, 5.74) is -0.615. The van der Waals surface area contributed by atoms with Crippen LogP contribution in [0.25, 0.3) is 5.95 Å². The minimum atomic E-state index is -0.615. The van der Waals surface area contributed by atoms with Gasteiger partial charge in [0.25, 0.3) is 0 Å². The molecule has 23 heavy (non-hydrogen) atoms. The van der Waals surface area contributed by atoms with E-state index >= 15 is 0 Å². The fourth-order valence-electron chi connectivity index (χ4n) is 3.03. The molecule has 0 radical (unpaired) electrons. The van der Waals surface area contributed by atoms with Gasteiger partial charge in [0.2, 0.25) is 17.8 Å². The van der Waals surface area contributed by atoms with Crippen LogP contribution in [0.5, 0.6) is 0 Å². The zero-order chi connectivity index (χ0) is 16.3. The van der Waals surface area contributed by atoms with Crippen LogP contribution >= 0.6 is 0 Å². The number of hydrogen-bond donors (Lipinski definition) is 2. The van der Waals surface area contributed by atoms with Crippen LogP contribution in [0.1, 0.15) is 32.6 Å². The third kappa shape index (κ3) is 3.23. The van der Waals surface area contributed by atoms with E-state index in [1.165, 1.54) is 0 Å². The SMILES string of the molecule is CNc1nc(NC2(C#N)CCCC(C)C2)nc(-n2ccnc2)n1. The molecule has 2 N–H and O–H groups in total. The summed E-state index contributed by atoms with van der Waals surface area (Å²) in [5.74, 6) is 1.82. The largest absolute Gasteiger partial charge is 0.357 e. The molecule has 8 nitrogen and oxygen atoms in total. The van der Waals surface area contributed by atoms with Crippen LogP contribution in [0.15, 0.2) is 18.7 Å². The maximum atomic E-state index is 9.69. The average molecular weight is 312 g/mol. The third-order valence-electron chi connectivity index (χ3n) is 4.15. The van der Waals surface area contributed by atoms with E-state index in [0.29, 0.717) is 23.8 Å². The van der Waals surface area contributed by atoms with Crippen molar-refractivity contribution in [2.45, 2.75) is 38.1 Å². The average Bonchev–Trinajstić information content (AvgIpc) is 3.09. The zero-order valence-corrected chi connectivity index (χ0v) is 13.3. The molecule has 0 spiro atoms. The Hall–Kier alpha value is -2.69. The van der Waals surface area contributed by atoms with Crippen LogP contribution in [-0.4, -0.2) is 37.1 Å². The van der Waals surface area contributed by atoms with Crippen molar-refractivity contribution in [1.82, 2.24) is 24.5 Å². The third-order valence-corrected chi connectivity index (χ3v) is 4.15. The minimum Gasteiger partial charge on any atom is -0.357 e. The van der Waals surface area contributed by atoms with Gasteiger partial charge in [-0.15, -0.1) is 0 Å². The second-order valence-electron chi connectivity index (χ2n) is 6.02. The fourth-order valence-corrected chi connectivity index (χ4v) is 3.03. The van der Waals surface area contributed by atoms with Gasteiger partial charge in [-0.05, 0) is 25.2 Å². The van der Waals surface area contributed by atoms with Crippen LogP contribution in [-0.2, 0) is 0 Å². The Morgan fingerprint density at radius 3 is 2.83 bits per heavy atom. The summed E-state index contributed by atoms with van der Waals surface area (Å²) in [5, 5.41) is 15.9. The summed E-state index contributed by atoms with van der Waals surface area (Å²) in [4.78, 5) is 17.1. The normalized spacial score (nSPS) is 24.0. The molecule has 8 heteroatoms. The van der Waals surface area contributed by atoms with E-state index in [1.54, 1.807) is 30.3 Å². The molecular formula is C15H20N8. The van der Waals surface area contributed by atoms with Crippen LogP contribution in [0.4, 0.5) is 11.9 Å². The number of anilines is 2. The molecule has 2 heterocycles. The first-order valence-electron chi connectivity index (χ1n) is 7.76. The Bertz CT molecular complexity index is 705. The van der Waals surface area contributed by atoms with E-state index in [4.69, 9.17) is 0 Å². The number of nitrogens with zero attached hydrogens (tertiary/aromatic N) is 6. The van der Waals surface area contributed by atoms with Gasteiger partial charge in [0, 0.05) is 19.4 Å². The summed E-state index contributed by atoms with van der Waals surface area (Å²) >= 11 is 0. The molecule has 1 aliphatic rings. The zero-order valence-electron chi connectivity index (χ0n) is 13.3. The minimum absolute atomic E-state index is 0.406. The van der Waals surface area contributed by atoms with E-state index in [9.17, 15) is 5.26 Å². The predicted molar refractivity (Wildman–Crippen MR) is 86.1 cm³/mol. The Morgan fingerprint density at radius 2 is 2.17 bits per heavy atom. The van der Waals surface area contributed by atoms with Gasteiger partial charge in [0.15, 0.2) is 0 Å². The van der Waals surface area contributed by atoms with Gasteiger partial charge in [0.1, 0.15) is 11.9 Å². The fraction of sp³-hybridized carbons (Fsp3) is 0.533. The Morgan fingerprint density at radius 1 is 1.35 bits per heavy atom. The van der Waals surface area contributed by atoms with Gasteiger partial charge in [-0.25, -0.2) is 4.98 Å². The maximum absolute atomic E-state index is 9.69. The predicted octanol–water partition coefficient (Wildman–Crippen LogP) is 1.98. The van der Waals surface area contributed by atoms with Crippen molar-refractivity contribution in [2.24, 2.45) is 5.92 Å². The van der Waals surface area contributed by atoms with Crippen molar-refractivity contribution >= 4 is 11.9 Å². The molecule has 1 aliphatic carbocycles. The Kier molecular flexibility index (Phi) is 4.10. The van der Waals surface area contributed by atoms with Crippen LogP contribution in [0, 0.1) is 17.2 Å². The molecule has 1 saturated carbocycles. The topological polar surface area (TPSA) is 104 Å². The quantitative estimate of drug-likeness (QED) is 0.889. The van der Waals surface area contributed by atoms with Gasteiger partial charge >= 0.3 is 0 Å². The lowest BCUT2D eigenvalue weighted by Gasteiger charge is -2.35. The molecule has 0 saturated heterocycles. The Balaban J connectivity index is 1.93. The van der Waals surface area contributed by atoms with Gasteiger partial charge < -0.3 is 10.6 Å². The van der Waals surface area contributed by atoms with Gasteiger partial charge in [-0.1, -0.05) is 13.3 Å². The lowest BCUT2D eigenvalue weighted by atomic mass is 9.77. The number of imidazole rings is 1. The van der Waals surface area contributed by atoms with Crippen molar-refractivity contribution in [1.29, 1.82) is 5.26 Å². The number of nitriles is 1. The number of rotatable bonds is 4. The highest BCUT2D eigenvalue weighted by atomic mass is 15.3. The first-order valence-corrected chi connectivity index (χ1v) is 7.76. The molecule has 3 rings (SSSR count). The van der Waals surface area contributed by atoms with E-state index in [2.05, 4.69) is 43.6 Å². The van der Waals surface area contributed by atoms with Gasteiger partial charge in [0.05, 0.1) is 6.07 Å². The van der Waals surface area contributed by atoms with E-state index in [0.717, 1.165) is 25.7 Å². The van der Waals surface area contributed by atoms with E-state index in [-0.39, 0.29) is 0 Å². The van der Waals surface area contributed by atoms with Gasteiger partial charge in [-0.3, -0.25) is 4.57 Å². The molecule has 2 aromatic rings. The van der Waals surface area contributed by atoms with Gasteiger partial charge in [-0.2, -0.15) is 20.2 Å². The molecule has 0 aromatic carbocycles. The molecule has 1 fully saturated rings. The van der Waals surface area contributed by atoms with Crippen molar-refractivity contribution in [3.05, 3.63) is 18.7 Å². The van der Waals surface area contributed by atoms with E-state index < -0.39 is 5.54 Å². The van der Waals surface area contributed by atoms with Crippen LogP contribution < -0.4 is 10.6 Å². The first kappa shape index (κ1) is 15.2. The van der Waals surface area contributed by atoms with E-state index in [1.807, 2.05) is 0 Å². The molecule has 0 bridgehead atoms. The lowest BCUT2D eigenvalue weighted by Crippen LogP contribution is -2.41. The smallest absolute Gasteiger partial charge is 0.241 e. The highest BCUT2D eigenvalue weighted by Gasteiger charge is 2.36. The summed E-state index contributed by atoms with van der Waals surface area (Å²) in [6.07, 6.45) is 8.84. The highest BCUT2D eigenvalue weighted by Crippen LogP contribution is 2.34. The van der Waals surface area contributed by atoms with Crippen molar-refractivity contribution in [3.63, 3.8) is 0 Å². The standard InChI is InChI=1S/C15H20N8/c1-11-4-3-5-15(8-11,9-16)22-13-19-12(17-2)20-14(21-13)23-7-6-18-10-23/h6-7,10-11H,3-5,8H2,1-2H3,(H2,17,19,20,21,22). The molecule has 0 aliphatic heterocycles. The molecule has 120 valence electrons. The van der Waals surface area contributed by atoms with Crippen molar-refractivity contribution in [3.8, 4) is 12.0 Å². The second kappa shape index (κ2) is 6.20. The van der Waals surface area contributed by atoms with Crippen LogP contribution in [0.3, 0.4) is 0 Å². The Labute approximate surface area is 135 Å². The lowest BCUT2D eigenvalue weighted by molar-refractivity contribution is 0.307. The summed E-state index contributed by atoms with van der Waals surface area (Å²) in [6, 6.07) is 2.44. The molecule has 2 unspecified atom stereocenters. The second-order valence-corrected chi connectivity index (χ2v) is 6.02. The molecule has 2 atom stereocenters. The summed E-state index contributed by atoms with van der Waals surface area (Å²) in [7, 11) is 1.75. The van der Waals surface area contributed by atoms with Crippen LogP contribution in [0.2, 0.25) is 0 Å². The number of hydrogen-bond acceptors (Lipinski definition) is 7. The molecule has 0 amide bonds. The number of nitrogens with one attached hydrogen (secondary N) is 2. The molecular weight excluding hydrogens is 292 g/mol. The summed E-state index contributed by atoms with van der Waals surface area (Å²) < 4.78 is 1.70. The highest BCUT2D eigenvalue weighted by molar-refractivity contribution is 5.42. The van der Waals surface area contributed by atoms with Crippen molar-refractivity contribution in [2.75, 3.05) is 17.7 Å². The van der Waals surface area contributed by atoms with Crippen molar-refractivity contribution < 1.29 is 0 Å². The maximum Gasteiger partial charge on any atom is 0.241 e. The number of aromatic nitrogens is 5.